The lowest BCUT2D eigenvalue weighted by Crippen LogP contribution is -2.17. The maximum atomic E-state index is 9.38. The highest BCUT2D eigenvalue weighted by molar-refractivity contribution is 7.18. The minimum Gasteiger partial charge on any atom is -0.392 e. The van der Waals surface area contributed by atoms with Gasteiger partial charge in [0, 0.05) is 18.0 Å². The van der Waals surface area contributed by atoms with E-state index in [0.29, 0.717) is 12.5 Å². The Morgan fingerprint density at radius 3 is 2.84 bits per heavy atom. The smallest absolute Gasteiger partial charge is 0.226 e. The van der Waals surface area contributed by atoms with Crippen LogP contribution < -0.4 is 10.6 Å². The summed E-state index contributed by atoms with van der Waals surface area (Å²) in [6, 6.07) is 2.08. The van der Waals surface area contributed by atoms with Gasteiger partial charge in [-0.3, -0.25) is 0 Å². The Labute approximate surface area is 117 Å². The van der Waals surface area contributed by atoms with E-state index in [-0.39, 0.29) is 0 Å². The van der Waals surface area contributed by atoms with Crippen molar-refractivity contribution in [3.63, 3.8) is 0 Å². The van der Waals surface area contributed by atoms with Crippen molar-refractivity contribution in [3.8, 4) is 0 Å². The molecule has 0 fully saturated rings. The molecule has 0 bridgehead atoms. The summed E-state index contributed by atoms with van der Waals surface area (Å²) < 4.78 is 0. The largest absolute Gasteiger partial charge is 0.392 e. The molecule has 0 spiro atoms. The first-order valence-corrected chi connectivity index (χ1v) is 7.35. The summed E-state index contributed by atoms with van der Waals surface area (Å²) in [6.45, 7) is 7.25. The van der Waals surface area contributed by atoms with Crippen LogP contribution in [0, 0.1) is 6.92 Å². The zero-order chi connectivity index (χ0) is 13.8. The molecule has 0 saturated heterocycles. The molecule has 3 N–H and O–H groups in total. The topological polar surface area (TPSA) is 70.1 Å². The summed E-state index contributed by atoms with van der Waals surface area (Å²) in [6.07, 6.45) is 0.623. The molecule has 2 heterocycles. The van der Waals surface area contributed by atoms with Gasteiger partial charge < -0.3 is 15.7 Å². The molecule has 0 aliphatic carbocycles. The van der Waals surface area contributed by atoms with E-state index in [4.69, 9.17) is 0 Å². The van der Waals surface area contributed by atoms with E-state index in [1.54, 1.807) is 18.3 Å². The Hall–Kier alpha value is -1.40. The van der Waals surface area contributed by atoms with Crippen molar-refractivity contribution in [3.05, 3.63) is 10.9 Å². The van der Waals surface area contributed by atoms with Crippen LogP contribution >= 0.6 is 11.3 Å². The number of rotatable bonds is 6. The van der Waals surface area contributed by atoms with Crippen LogP contribution in [0.15, 0.2) is 6.07 Å². The maximum absolute atomic E-state index is 9.38. The number of thiophene rings is 1. The fourth-order valence-electron chi connectivity index (χ4n) is 1.74. The molecule has 2 aromatic rings. The summed E-state index contributed by atoms with van der Waals surface area (Å²) in [4.78, 5) is 11.2. The van der Waals surface area contributed by atoms with Crippen LogP contribution in [0.4, 0.5) is 11.8 Å². The lowest BCUT2D eigenvalue weighted by atomic mass is 10.3. The molecule has 1 atom stereocenters. The van der Waals surface area contributed by atoms with Crippen molar-refractivity contribution in [1.29, 1.82) is 0 Å². The van der Waals surface area contributed by atoms with Crippen molar-refractivity contribution in [2.24, 2.45) is 0 Å². The number of aliphatic hydroxyl groups is 1. The molecule has 0 amide bonds. The number of fused-ring (bicyclic) bond motifs is 1. The van der Waals surface area contributed by atoms with Crippen LogP contribution in [0.3, 0.4) is 0 Å². The van der Waals surface area contributed by atoms with Gasteiger partial charge in [-0.15, -0.1) is 11.3 Å². The quantitative estimate of drug-likeness (QED) is 0.759. The van der Waals surface area contributed by atoms with Gasteiger partial charge in [0.2, 0.25) is 5.95 Å². The molecule has 6 heteroatoms. The number of anilines is 2. The van der Waals surface area contributed by atoms with Gasteiger partial charge in [-0.1, -0.05) is 6.92 Å². The van der Waals surface area contributed by atoms with Gasteiger partial charge >= 0.3 is 0 Å². The summed E-state index contributed by atoms with van der Waals surface area (Å²) in [5, 5.41) is 16.8. The average molecular weight is 280 g/mol. The zero-order valence-corrected chi connectivity index (χ0v) is 12.3. The van der Waals surface area contributed by atoms with Crippen molar-refractivity contribution >= 4 is 33.3 Å². The van der Waals surface area contributed by atoms with Crippen LogP contribution in [0.25, 0.3) is 10.2 Å². The highest BCUT2D eigenvalue weighted by Crippen LogP contribution is 2.29. The fraction of sp³-hybridized carbons (Fsp3) is 0.538. The first-order valence-electron chi connectivity index (χ1n) is 6.54. The predicted octanol–water partition coefficient (Wildman–Crippen LogP) is 2.61. The van der Waals surface area contributed by atoms with Gasteiger partial charge in [0.15, 0.2) is 0 Å². The molecule has 1 unspecified atom stereocenters. The fourth-order valence-corrected chi connectivity index (χ4v) is 2.62. The highest BCUT2D eigenvalue weighted by atomic mass is 32.1. The summed E-state index contributed by atoms with van der Waals surface area (Å²) in [5.74, 6) is 1.43. The third-order valence-corrected chi connectivity index (χ3v) is 3.56. The normalized spacial score (nSPS) is 12.6. The average Bonchev–Trinajstić information content (AvgIpc) is 2.73. The van der Waals surface area contributed by atoms with E-state index in [9.17, 15) is 5.11 Å². The molecule has 0 aliphatic heterocycles. The van der Waals surface area contributed by atoms with E-state index in [0.717, 1.165) is 29.0 Å². The van der Waals surface area contributed by atoms with Gasteiger partial charge in [-0.25, -0.2) is 4.98 Å². The van der Waals surface area contributed by atoms with Gasteiger partial charge in [-0.05, 0) is 26.3 Å². The van der Waals surface area contributed by atoms with Crippen molar-refractivity contribution in [2.45, 2.75) is 33.3 Å². The lowest BCUT2D eigenvalue weighted by molar-refractivity contribution is 0.208. The van der Waals surface area contributed by atoms with Crippen LogP contribution in [-0.4, -0.2) is 34.3 Å². The number of hydrogen-bond acceptors (Lipinski definition) is 6. The van der Waals surface area contributed by atoms with Gasteiger partial charge in [0.25, 0.3) is 0 Å². The zero-order valence-electron chi connectivity index (χ0n) is 11.5. The Morgan fingerprint density at radius 1 is 1.37 bits per heavy atom. The number of aliphatic hydroxyl groups excluding tert-OH is 1. The number of aryl methyl sites for hydroxylation is 1. The molecule has 2 aromatic heterocycles. The monoisotopic (exact) mass is 280 g/mol. The Bertz CT molecular complexity index is 553. The summed E-state index contributed by atoms with van der Waals surface area (Å²) >= 11 is 1.65. The Balaban J connectivity index is 2.33. The molecular weight excluding hydrogens is 260 g/mol. The molecule has 19 heavy (non-hydrogen) atoms. The van der Waals surface area contributed by atoms with Crippen LogP contribution in [0.1, 0.15) is 25.1 Å². The lowest BCUT2D eigenvalue weighted by Gasteiger charge is -2.10. The standard InChI is InChI=1S/C13H20N4OS/c1-4-5-14-13-16-11(15-7-8(2)18)10-6-9(3)19-12(10)17-13/h6,8,18H,4-5,7H2,1-3H3,(H2,14,15,16,17). The highest BCUT2D eigenvalue weighted by Gasteiger charge is 2.10. The van der Waals surface area contributed by atoms with E-state index < -0.39 is 6.10 Å². The second-order valence-corrected chi connectivity index (χ2v) is 5.86. The summed E-state index contributed by atoms with van der Waals surface area (Å²) in [5.41, 5.74) is 0. The SMILES string of the molecule is CCCNc1nc(NCC(C)O)c2cc(C)sc2n1. The molecule has 0 radical (unpaired) electrons. The Morgan fingerprint density at radius 2 is 2.16 bits per heavy atom. The molecule has 0 saturated carbocycles. The third-order valence-electron chi connectivity index (χ3n) is 2.61. The van der Waals surface area contributed by atoms with Crippen LogP contribution in [0.5, 0.6) is 0 Å². The number of nitrogens with one attached hydrogen (secondary N) is 2. The number of hydrogen-bond donors (Lipinski definition) is 3. The van der Waals surface area contributed by atoms with Crippen molar-refractivity contribution < 1.29 is 5.11 Å². The number of aromatic nitrogens is 2. The summed E-state index contributed by atoms with van der Waals surface area (Å²) in [7, 11) is 0. The first-order chi connectivity index (χ1) is 9.10. The molecule has 5 nitrogen and oxygen atoms in total. The Kier molecular flexibility index (Phi) is 4.55. The number of nitrogens with zero attached hydrogens (tertiary/aromatic N) is 2. The van der Waals surface area contributed by atoms with Crippen LogP contribution in [-0.2, 0) is 0 Å². The van der Waals surface area contributed by atoms with E-state index in [1.807, 2.05) is 0 Å². The van der Waals surface area contributed by atoms with Crippen LogP contribution in [0.2, 0.25) is 0 Å². The van der Waals surface area contributed by atoms with Gasteiger partial charge in [0.05, 0.1) is 11.5 Å². The van der Waals surface area contributed by atoms with Crippen molar-refractivity contribution in [1.82, 2.24) is 9.97 Å². The van der Waals surface area contributed by atoms with Crippen molar-refractivity contribution in [2.75, 3.05) is 23.7 Å². The molecule has 104 valence electrons. The first kappa shape index (κ1) is 14.0. The third kappa shape index (κ3) is 3.54. The maximum Gasteiger partial charge on any atom is 0.226 e. The second kappa shape index (κ2) is 6.16. The molecular formula is C13H20N4OS. The molecule has 0 aliphatic rings. The van der Waals surface area contributed by atoms with E-state index >= 15 is 0 Å². The minimum atomic E-state index is -0.406. The molecule has 0 aromatic carbocycles. The van der Waals surface area contributed by atoms with Gasteiger partial charge in [0.1, 0.15) is 10.6 Å². The predicted molar refractivity (Wildman–Crippen MR) is 81.1 cm³/mol. The van der Waals surface area contributed by atoms with E-state index in [1.165, 1.54) is 4.88 Å². The molecule has 2 rings (SSSR count). The van der Waals surface area contributed by atoms with E-state index in [2.05, 4.69) is 40.5 Å². The second-order valence-electron chi connectivity index (χ2n) is 4.63. The van der Waals surface area contributed by atoms with Gasteiger partial charge in [-0.2, -0.15) is 4.98 Å². The minimum absolute atomic E-state index is 0.406.